The molecule has 0 atom stereocenters. The van der Waals surface area contributed by atoms with E-state index in [0.717, 1.165) is 50.3 Å². The highest BCUT2D eigenvalue weighted by atomic mass is 19.1. The summed E-state index contributed by atoms with van der Waals surface area (Å²) in [6, 6.07) is 7.13. The fraction of sp³-hybridized carbons (Fsp3) is 0.611. The highest BCUT2D eigenvalue weighted by Crippen LogP contribution is 2.44. The summed E-state index contributed by atoms with van der Waals surface area (Å²) < 4.78 is 13.4. The molecule has 4 heteroatoms. The summed E-state index contributed by atoms with van der Waals surface area (Å²) in [5, 5.41) is 3.05. The van der Waals surface area contributed by atoms with Crippen molar-refractivity contribution in [1.82, 2.24) is 10.2 Å². The third-order valence-electron chi connectivity index (χ3n) is 5.76. The molecule has 0 unspecified atom stereocenters. The largest absolute Gasteiger partial charge is 0.336 e. The highest BCUT2D eigenvalue weighted by molar-refractivity contribution is 5.78. The molecule has 2 saturated carbocycles. The average Bonchev–Trinajstić information content (AvgIpc) is 3.30. The Kier molecular flexibility index (Phi) is 3.35. The van der Waals surface area contributed by atoms with Crippen LogP contribution in [0.4, 0.5) is 9.18 Å². The van der Waals surface area contributed by atoms with Crippen molar-refractivity contribution in [3.05, 3.63) is 35.6 Å². The first-order valence-electron chi connectivity index (χ1n) is 8.47. The van der Waals surface area contributed by atoms with E-state index in [1.807, 2.05) is 6.07 Å². The number of amides is 2. The standard InChI is InChI=1S/C18H23FN2O/c19-16-3-1-2-15(10-16)14-6-8-18(9-7-14)12-20-17(22)21(18)11-13-4-5-13/h1-3,10,13-14H,4-9,11-12H2,(H,20,22). The van der Waals surface area contributed by atoms with Gasteiger partial charge in [0.05, 0.1) is 5.54 Å². The Balaban J connectivity index is 1.47. The van der Waals surface area contributed by atoms with Crippen LogP contribution in [0.25, 0.3) is 0 Å². The number of benzene rings is 1. The Morgan fingerprint density at radius 3 is 2.68 bits per heavy atom. The van der Waals surface area contributed by atoms with E-state index in [1.165, 1.54) is 18.9 Å². The quantitative estimate of drug-likeness (QED) is 0.908. The number of carbonyl (C=O) groups is 1. The minimum Gasteiger partial charge on any atom is -0.336 e. The molecular formula is C18H23FN2O. The number of carbonyl (C=O) groups excluding carboxylic acids is 1. The Morgan fingerprint density at radius 2 is 2.00 bits per heavy atom. The fourth-order valence-electron chi connectivity index (χ4n) is 4.18. The van der Waals surface area contributed by atoms with Gasteiger partial charge in [-0.15, -0.1) is 0 Å². The van der Waals surface area contributed by atoms with Crippen molar-refractivity contribution in [2.75, 3.05) is 13.1 Å². The SMILES string of the molecule is O=C1NCC2(CCC(c3cccc(F)c3)CC2)N1CC1CC1. The molecule has 1 heterocycles. The van der Waals surface area contributed by atoms with Gasteiger partial charge in [0.25, 0.3) is 0 Å². The maximum atomic E-state index is 13.4. The second-order valence-corrected chi connectivity index (χ2v) is 7.27. The van der Waals surface area contributed by atoms with Gasteiger partial charge >= 0.3 is 6.03 Å². The van der Waals surface area contributed by atoms with Crippen LogP contribution in [0.15, 0.2) is 24.3 Å². The monoisotopic (exact) mass is 302 g/mol. The summed E-state index contributed by atoms with van der Waals surface area (Å²) in [6.07, 6.45) is 6.68. The lowest BCUT2D eigenvalue weighted by atomic mass is 9.73. The van der Waals surface area contributed by atoms with Gasteiger partial charge in [0.15, 0.2) is 0 Å². The minimum absolute atomic E-state index is 0.0174. The molecule has 4 rings (SSSR count). The molecule has 1 aromatic rings. The van der Waals surface area contributed by atoms with E-state index in [2.05, 4.69) is 10.2 Å². The van der Waals surface area contributed by atoms with Crippen molar-refractivity contribution >= 4 is 6.03 Å². The van der Waals surface area contributed by atoms with Crippen LogP contribution in [-0.2, 0) is 0 Å². The zero-order valence-electron chi connectivity index (χ0n) is 12.9. The molecule has 0 aromatic heterocycles. The van der Waals surface area contributed by atoms with E-state index < -0.39 is 0 Å². The molecule has 1 aromatic carbocycles. The Bertz CT molecular complexity index is 576. The van der Waals surface area contributed by atoms with Crippen molar-refractivity contribution < 1.29 is 9.18 Å². The van der Waals surface area contributed by atoms with Gasteiger partial charge in [-0.2, -0.15) is 0 Å². The number of nitrogens with one attached hydrogen (secondary N) is 1. The second kappa shape index (κ2) is 5.25. The first-order chi connectivity index (χ1) is 10.7. The van der Waals surface area contributed by atoms with Gasteiger partial charge in [-0.25, -0.2) is 9.18 Å². The molecule has 0 radical (unpaired) electrons. The lowest BCUT2D eigenvalue weighted by molar-refractivity contribution is 0.108. The second-order valence-electron chi connectivity index (χ2n) is 7.27. The number of rotatable bonds is 3. The third-order valence-corrected chi connectivity index (χ3v) is 5.76. The molecule has 1 spiro atoms. The van der Waals surface area contributed by atoms with Gasteiger partial charge in [0.2, 0.25) is 0 Å². The molecule has 2 amide bonds. The van der Waals surface area contributed by atoms with Crippen LogP contribution in [0.3, 0.4) is 0 Å². The van der Waals surface area contributed by atoms with Gasteiger partial charge in [-0.1, -0.05) is 12.1 Å². The molecule has 1 N–H and O–H groups in total. The van der Waals surface area contributed by atoms with Crippen LogP contribution in [0, 0.1) is 11.7 Å². The van der Waals surface area contributed by atoms with E-state index in [4.69, 9.17) is 0 Å². The molecule has 22 heavy (non-hydrogen) atoms. The summed E-state index contributed by atoms with van der Waals surface area (Å²) >= 11 is 0. The molecule has 1 aliphatic heterocycles. The summed E-state index contributed by atoms with van der Waals surface area (Å²) in [7, 11) is 0. The van der Waals surface area contributed by atoms with Crippen LogP contribution in [0.2, 0.25) is 0 Å². The van der Waals surface area contributed by atoms with Crippen molar-refractivity contribution in [2.24, 2.45) is 5.92 Å². The molecule has 3 nitrogen and oxygen atoms in total. The zero-order valence-corrected chi connectivity index (χ0v) is 12.9. The summed E-state index contributed by atoms with van der Waals surface area (Å²) in [5.74, 6) is 1.01. The lowest BCUT2D eigenvalue weighted by Gasteiger charge is -2.42. The van der Waals surface area contributed by atoms with Gasteiger partial charge in [-0.05, 0) is 68.1 Å². The predicted molar refractivity (Wildman–Crippen MR) is 83.2 cm³/mol. The summed E-state index contributed by atoms with van der Waals surface area (Å²) in [4.78, 5) is 14.3. The number of hydrogen-bond donors (Lipinski definition) is 1. The first kappa shape index (κ1) is 14.0. The van der Waals surface area contributed by atoms with Crippen LogP contribution in [-0.4, -0.2) is 29.6 Å². The van der Waals surface area contributed by atoms with Crippen LogP contribution >= 0.6 is 0 Å². The molecule has 1 saturated heterocycles. The fourth-order valence-corrected chi connectivity index (χ4v) is 4.18. The topological polar surface area (TPSA) is 32.3 Å². The molecular weight excluding hydrogens is 279 g/mol. The van der Waals surface area contributed by atoms with E-state index >= 15 is 0 Å². The zero-order chi connectivity index (χ0) is 15.2. The van der Waals surface area contributed by atoms with Gasteiger partial charge in [0.1, 0.15) is 5.82 Å². The molecule has 3 aliphatic rings. The number of nitrogens with zero attached hydrogens (tertiary/aromatic N) is 1. The Hall–Kier alpha value is -1.58. The van der Waals surface area contributed by atoms with Gasteiger partial charge < -0.3 is 10.2 Å². The first-order valence-corrected chi connectivity index (χ1v) is 8.47. The average molecular weight is 302 g/mol. The van der Waals surface area contributed by atoms with Crippen molar-refractivity contribution in [3.63, 3.8) is 0 Å². The van der Waals surface area contributed by atoms with E-state index in [9.17, 15) is 9.18 Å². The smallest absolute Gasteiger partial charge is 0.318 e. The lowest BCUT2D eigenvalue weighted by Crippen LogP contribution is -2.50. The van der Waals surface area contributed by atoms with E-state index in [-0.39, 0.29) is 17.4 Å². The van der Waals surface area contributed by atoms with Gasteiger partial charge in [0, 0.05) is 13.1 Å². The summed E-state index contributed by atoms with van der Waals surface area (Å²) in [5.41, 5.74) is 1.13. The van der Waals surface area contributed by atoms with Crippen LogP contribution < -0.4 is 5.32 Å². The molecule has 2 aliphatic carbocycles. The van der Waals surface area contributed by atoms with Crippen molar-refractivity contribution in [3.8, 4) is 0 Å². The molecule has 3 fully saturated rings. The third kappa shape index (κ3) is 2.49. The molecule has 118 valence electrons. The maximum Gasteiger partial charge on any atom is 0.318 e. The van der Waals surface area contributed by atoms with Crippen molar-refractivity contribution in [2.45, 2.75) is 50.0 Å². The number of urea groups is 1. The normalized spacial score (nSPS) is 31.6. The predicted octanol–water partition coefficient (Wildman–Crippen LogP) is 3.66. The van der Waals surface area contributed by atoms with Crippen LogP contribution in [0.5, 0.6) is 0 Å². The minimum atomic E-state index is -0.147. The maximum absolute atomic E-state index is 13.4. The van der Waals surface area contributed by atoms with Crippen molar-refractivity contribution in [1.29, 1.82) is 0 Å². The summed E-state index contributed by atoms with van der Waals surface area (Å²) in [6.45, 7) is 1.71. The highest BCUT2D eigenvalue weighted by Gasteiger charge is 2.48. The van der Waals surface area contributed by atoms with Crippen LogP contribution in [0.1, 0.15) is 50.0 Å². The Morgan fingerprint density at radius 1 is 1.23 bits per heavy atom. The number of hydrogen-bond acceptors (Lipinski definition) is 1. The number of halogens is 1. The van der Waals surface area contributed by atoms with E-state index in [0.29, 0.717) is 5.92 Å². The Labute approximate surface area is 130 Å². The van der Waals surface area contributed by atoms with E-state index in [1.54, 1.807) is 12.1 Å². The van der Waals surface area contributed by atoms with Gasteiger partial charge in [-0.3, -0.25) is 0 Å². The molecule has 0 bridgehead atoms.